The molecule has 2 N–H and O–H groups in total. The van der Waals surface area contributed by atoms with Crippen molar-refractivity contribution >= 4 is 17.4 Å². The summed E-state index contributed by atoms with van der Waals surface area (Å²) in [5.41, 5.74) is 3.72. The van der Waals surface area contributed by atoms with Crippen LogP contribution >= 0.6 is 0 Å². The topological polar surface area (TPSA) is 87.5 Å². The first kappa shape index (κ1) is 26.5. The highest BCUT2D eigenvalue weighted by atomic mass is 19.1. The zero-order valence-corrected chi connectivity index (χ0v) is 23.0. The molecule has 6 rings (SSSR count). The molecule has 2 atom stereocenters. The number of piperidine rings is 1. The maximum Gasteiger partial charge on any atom is 0.244 e. The Morgan fingerprint density at radius 2 is 1.90 bits per heavy atom. The van der Waals surface area contributed by atoms with Gasteiger partial charge in [-0.05, 0) is 94.1 Å². The molecule has 7 nitrogen and oxygen atoms in total. The van der Waals surface area contributed by atoms with Crippen LogP contribution in [0, 0.1) is 18.8 Å². The van der Waals surface area contributed by atoms with Crippen molar-refractivity contribution in [1.82, 2.24) is 14.7 Å². The van der Waals surface area contributed by atoms with E-state index in [9.17, 15) is 19.1 Å². The van der Waals surface area contributed by atoms with Crippen molar-refractivity contribution in [2.45, 2.75) is 95.3 Å². The number of halogens is 1. The number of nitrogens with zero attached hydrogens (tertiary/aromatic N) is 3. The standard InChI is InChI=1S/C31H41FN4O3/c1-20-4-2-3-5-25(20)33-23-10-14-35(15-11-23)28(39)18-36-26-17-22-16-24(22)29(26)30(34-36)27(38)7-6-21-8-12-31(32,19-37)13-9-21/h2-5,21-24,33,37H,6-19H2,1H3/t21?,22-,24-,31?/m1/s1. The van der Waals surface area contributed by atoms with Crippen molar-refractivity contribution < 1.29 is 19.1 Å². The number of aliphatic hydroxyl groups excluding tert-OH is 1. The molecule has 0 unspecified atom stereocenters. The van der Waals surface area contributed by atoms with Gasteiger partial charge in [-0.2, -0.15) is 5.10 Å². The lowest BCUT2D eigenvalue weighted by atomic mass is 9.78. The van der Waals surface area contributed by atoms with Crippen molar-refractivity contribution in [3.05, 3.63) is 46.8 Å². The summed E-state index contributed by atoms with van der Waals surface area (Å²) in [7, 11) is 0. The zero-order chi connectivity index (χ0) is 27.1. The number of anilines is 1. The average molecular weight is 537 g/mol. The van der Waals surface area contributed by atoms with Gasteiger partial charge in [-0.25, -0.2) is 4.39 Å². The molecule has 2 aromatic rings. The third-order valence-corrected chi connectivity index (χ3v) is 9.81. The lowest BCUT2D eigenvalue weighted by Gasteiger charge is -2.33. The summed E-state index contributed by atoms with van der Waals surface area (Å²) in [6, 6.07) is 8.66. The van der Waals surface area contributed by atoms with Gasteiger partial charge >= 0.3 is 0 Å². The van der Waals surface area contributed by atoms with Crippen molar-refractivity contribution in [3.63, 3.8) is 0 Å². The van der Waals surface area contributed by atoms with Gasteiger partial charge in [0.15, 0.2) is 5.78 Å². The van der Waals surface area contributed by atoms with Crippen molar-refractivity contribution in [2.24, 2.45) is 11.8 Å². The first-order chi connectivity index (χ1) is 18.8. The molecule has 8 heteroatoms. The Morgan fingerprint density at radius 1 is 1.15 bits per heavy atom. The molecule has 0 spiro atoms. The maximum atomic E-state index is 14.3. The summed E-state index contributed by atoms with van der Waals surface area (Å²) in [5.74, 6) is 1.49. The van der Waals surface area contributed by atoms with Crippen molar-refractivity contribution in [1.29, 1.82) is 0 Å². The van der Waals surface area contributed by atoms with Gasteiger partial charge in [-0.1, -0.05) is 18.2 Å². The van der Waals surface area contributed by atoms with E-state index < -0.39 is 12.3 Å². The van der Waals surface area contributed by atoms with Gasteiger partial charge in [-0.3, -0.25) is 14.3 Å². The molecule has 2 heterocycles. The van der Waals surface area contributed by atoms with Gasteiger partial charge in [-0.15, -0.1) is 0 Å². The number of aromatic nitrogens is 2. The molecule has 1 aromatic carbocycles. The van der Waals surface area contributed by atoms with E-state index >= 15 is 0 Å². The van der Waals surface area contributed by atoms with E-state index in [0.717, 1.165) is 62.1 Å². The summed E-state index contributed by atoms with van der Waals surface area (Å²) in [6.07, 6.45) is 7.19. The molecule has 1 aromatic heterocycles. The quantitative estimate of drug-likeness (QED) is 0.449. The number of aliphatic hydroxyl groups is 1. The van der Waals surface area contributed by atoms with Crippen LogP contribution in [0.2, 0.25) is 0 Å². The number of hydrogen-bond donors (Lipinski definition) is 2. The Balaban J connectivity index is 1.05. The Kier molecular flexibility index (Phi) is 7.25. The number of fused-ring (bicyclic) bond motifs is 3. The normalized spacial score (nSPS) is 28.2. The van der Waals surface area contributed by atoms with Gasteiger partial charge in [0.2, 0.25) is 5.91 Å². The van der Waals surface area contributed by atoms with Crippen LogP contribution in [0.15, 0.2) is 24.3 Å². The second-order valence-corrected chi connectivity index (χ2v) is 12.5. The first-order valence-corrected chi connectivity index (χ1v) is 14.9. The van der Waals surface area contributed by atoms with Crippen LogP contribution in [0.4, 0.5) is 10.1 Å². The Labute approximate surface area is 230 Å². The molecular formula is C31H41FN4O3. The molecule has 4 aliphatic rings. The number of benzene rings is 1. The van der Waals surface area contributed by atoms with Crippen LogP contribution in [0.3, 0.4) is 0 Å². The smallest absolute Gasteiger partial charge is 0.244 e. The number of likely N-dealkylation sites (tertiary alicyclic amines) is 1. The number of hydrogen-bond acceptors (Lipinski definition) is 5. The Morgan fingerprint density at radius 3 is 2.62 bits per heavy atom. The first-order valence-electron chi connectivity index (χ1n) is 14.9. The van der Waals surface area contributed by atoms with Crippen LogP contribution in [0.1, 0.15) is 91.0 Å². The highest BCUT2D eigenvalue weighted by Gasteiger charge is 2.50. The predicted molar refractivity (Wildman–Crippen MR) is 148 cm³/mol. The summed E-state index contributed by atoms with van der Waals surface area (Å²) < 4.78 is 16.2. The predicted octanol–water partition coefficient (Wildman–Crippen LogP) is 4.81. The monoisotopic (exact) mass is 536 g/mol. The summed E-state index contributed by atoms with van der Waals surface area (Å²) in [4.78, 5) is 28.5. The molecule has 1 amide bonds. The lowest BCUT2D eigenvalue weighted by molar-refractivity contribution is -0.133. The molecular weight excluding hydrogens is 495 g/mol. The van der Waals surface area contributed by atoms with Gasteiger partial charge in [0.05, 0.1) is 6.61 Å². The fourth-order valence-corrected chi connectivity index (χ4v) is 7.08. The van der Waals surface area contributed by atoms with Crippen LogP contribution in [0.5, 0.6) is 0 Å². The lowest BCUT2D eigenvalue weighted by Crippen LogP contribution is -2.44. The van der Waals surface area contributed by atoms with E-state index in [1.54, 1.807) is 0 Å². The molecule has 0 radical (unpaired) electrons. The van der Waals surface area contributed by atoms with E-state index in [2.05, 4.69) is 24.4 Å². The number of carbonyl (C=O) groups excluding carboxylic acids is 2. The third kappa shape index (κ3) is 5.49. The van der Waals surface area contributed by atoms with Gasteiger partial charge in [0.1, 0.15) is 17.9 Å². The number of alkyl halides is 1. The second-order valence-electron chi connectivity index (χ2n) is 12.5. The molecule has 0 bridgehead atoms. The van der Waals surface area contributed by atoms with Gasteiger partial charge < -0.3 is 15.3 Å². The molecule has 1 aliphatic heterocycles. The van der Waals surface area contributed by atoms with Crippen LogP contribution in [-0.2, 0) is 17.8 Å². The third-order valence-electron chi connectivity index (χ3n) is 9.81. The average Bonchev–Trinajstić information content (AvgIpc) is 3.47. The number of Topliss-reactive ketones (excluding diaryl/α,β-unsaturated/α-hetero) is 1. The number of amides is 1. The maximum absolute atomic E-state index is 14.3. The number of aryl methyl sites for hydroxylation is 1. The molecule has 1 saturated heterocycles. The second kappa shape index (κ2) is 10.7. The van der Waals surface area contributed by atoms with E-state index in [1.807, 2.05) is 21.7 Å². The Hall–Kier alpha value is -2.74. The summed E-state index contributed by atoms with van der Waals surface area (Å²) in [6.45, 7) is 3.34. The number of nitrogens with one attached hydrogen (secondary N) is 1. The number of carbonyl (C=O) groups is 2. The minimum Gasteiger partial charge on any atom is -0.393 e. The minimum absolute atomic E-state index is 0.0623. The summed E-state index contributed by atoms with van der Waals surface area (Å²) in [5, 5.41) is 17.7. The van der Waals surface area contributed by atoms with E-state index in [1.165, 1.54) is 5.56 Å². The number of para-hydroxylation sites is 1. The molecule has 2 saturated carbocycles. The molecule has 210 valence electrons. The van der Waals surface area contributed by atoms with E-state index in [4.69, 9.17) is 5.10 Å². The van der Waals surface area contributed by atoms with Crippen molar-refractivity contribution in [2.75, 3.05) is 25.0 Å². The summed E-state index contributed by atoms with van der Waals surface area (Å²) >= 11 is 0. The van der Waals surface area contributed by atoms with Crippen LogP contribution in [0.25, 0.3) is 0 Å². The van der Waals surface area contributed by atoms with Crippen molar-refractivity contribution in [3.8, 4) is 0 Å². The van der Waals surface area contributed by atoms with E-state index in [0.29, 0.717) is 61.6 Å². The Bertz CT molecular complexity index is 1230. The van der Waals surface area contributed by atoms with Gasteiger partial charge in [0.25, 0.3) is 0 Å². The molecule has 39 heavy (non-hydrogen) atoms. The SMILES string of the molecule is Cc1ccccc1NC1CCN(C(=O)Cn2nc(C(=O)CCC3CCC(F)(CO)CC3)c3c2C[C@H]2C[C@@H]32)CC1. The molecule has 3 fully saturated rings. The van der Waals surface area contributed by atoms with Crippen LogP contribution in [-0.4, -0.2) is 62.9 Å². The highest BCUT2D eigenvalue weighted by Crippen LogP contribution is 2.57. The minimum atomic E-state index is -1.44. The zero-order valence-electron chi connectivity index (χ0n) is 23.0. The van der Waals surface area contributed by atoms with Crippen LogP contribution < -0.4 is 5.32 Å². The molecule has 3 aliphatic carbocycles. The highest BCUT2D eigenvalue weighted by molar-refractivity contribution is 5.96. The fraction of sp³-hybridized carbons (Fsp3) is 0.645. The number of ketones is 1. The fourth-order valence-electron chi connectivity index (χ4n) is 7.08. The van der Waals surface area contributed by atoms with E-state index in [-0.39, 0.29) is 18.2 Å². The van der Waals surface area contributed by atoms with Gasteiger partial charge in [0, 0.05) is 42.5 Å². The number of rotatable bonds is 9. The largest absolute Gasteiger partial charge is 0.393 e.